The van der Waals surface area contributed by atoms with Gasteiger partial charge in [0.1, 0.15) is 11.5 Å². The Hall–Kier alpha value is -1.68. The lowest BCUT2D eigenvalue weighted by molar-refractivity contribution is 0.243. The van der Waals surface area contributed by atoms with Gasteiger partial charge in [-0.05, 0) is 32.0 Å². The molecule has 0 radical (unpaired) electrons. The van der Waals surface area contributed by atoms with Gasteiger partial charge in [0.25, 0.3) is 0 Å². The number of aromatic hydroxyl groups is 2. The predicted molar refractivity (Wildman–Crippen MR) is 67.0 cm³/mol. The molecule has 3 N–H and O–H groups in total. The van der Waals surface area contributed by atoms with Crippen molar-refractivity contribution in [3.05, 3.63) is 36.6 Å². The molecule has 4 heteroatoms. The van der Waals surface area contributed by atoms with Crippen molar-refractivity contribution in [3.8, 4) is 11.5 Å². The van der Waals surface area contributed by atoms with E-state index in [2.05, 4.69) is 11.9 Å². The fraction of sp³-hybridized carbons (Fsp3) is 0.385. The van der Waals surface area contributed by atoms with Gasteiger partial charge < -0.3 is 20.3 Å². The van der Waals surface area contributed by atoms with Gasteiger partial charge in [0.05, 0.1) is 18.4 Å². The summed E-state index contributed by atoms with van der Waals surface area (Å²) in [4.78, 5) is 0. The van der Waals surface area contributed by atoms with E-state index < -0.39 is 0 Å². The van der Waals surface area contributed by atoms with Crippen molar-refractivity contribution in [2.24, 2.45) is 0 Å². The average molecular weight is 237 g/mol. The van der Waals surface area contributed by atoms with Gasteiger partial charge >= 0.3 is 0 Å². The van der Waals surface area contributed by atoms with E-state index >= 15 is 0 Å². The molecule has 0 aliphatic rings. The van der Waals surface area contributed by atoms with Crippen LogP contribution in [0.15, 0.2) is 31.0 Å². The third kappa shape index (κ3) is 4.00. The molecule has 1 aromatic carbocycles. The van der Waals surface area contributed by atoms with Crippen LogP contribution in [-0.4, -0.2) is 23.4 Å². The lowest BCUT2D eigenvalue weighted by Crippen LogP contribution is -2.21. The number of nitrogens with one attached hydrogen (secondary N) is 1. The number of phenolic OH excluding ortho intramolecular Hbond substituents is 2. The highest BCUT2D eigenvalue weighted by atomic mass is 16.5. The number of hydrogen-bond acceptors (Lipinski definition) is 4. The molecule has 0 saturated heterocycles. The van der Waals surface area contributed by atoms with E-state index in [-0.39, 0.29) is 17.5 Å². The summed E-state index contributed by atoms with van der Waals surface area (Å²) in [5.41, 5.74) is 0.525. The Bertz CT molecular complexity index is 345. The minimum Gasteiger partial charge on any atom is -0.507 e. The Morgan fingerprint density at radius 3 is 2.65 bits per heavy atom. The molecule has 0 spiro atoms. The summed E-state index contributed by atoms with van der Waals surface area (Å²) >= 11 is 0. The topological polar surface area (TPSA) is 61.7 Å². The Morgan fingerprint density at radius 2 is 2.06 bits per heavy atom. The number of rotatable bonds is 7. The van der Waals surface area contributed by atoms with Crippen molar-refractivity contribution in [2.75, 3.05) is 13.2 Å². The lowest BCUT2D eigenvalue weighted by Gasteiger charge is -2.16. The molecule has 4 nitrogen and oxygen atoms in total. The minimum absolute atomic E-state index is 0.104. The van der Waals surface area contributed by atoms with Crippen molar-refractivity contribution in [1.82, 2.24) is 5.32 Å². The van der Waals surface area contributed by atoms with Gasteiger partial charge in [-0.25, -0.2) is 0 Å². The van der Waals surface area contributed by atoms with Crippen LogP contribution in [0.1, 0.15) is 24.9 Å². The highest BCUT2D eigenvalue weighted by Crippen LogP contribution is 2.31. The van der Waals surface area contributed by atoms with Crippen LogP contribution in [0.4, 0.5) is 0 Å². The molecule has 0 amide bonds. The van der Waals surface area contributed by atoms with Crippen LogP contribution in [0.3, 0.4) is 0 Å². The Balaban J connectivity index is 2.46. The number of benzene rings is 1. The maximum Gasteiger partial charge on any atom is 0.124 e. The van der Waals surface area contributed by atoms with Gasteiger partial charge in [0.15, 0.2) is 0 Å². The van der Waals surface area contributed by atoms with E-state index in [4.69, 9.17) is 4.74 Å². The molecule has 1 rings (SSSR count). The van der Waals surface area contributed by atoms with Gasteiger partial charge in [0.2, 0.25) is 0 Å². The van der Waals surface area contributed by atoms with Gasteiger partial charge in [-0.15, -0.1) is 0 Å². The summed E-state index contributed by atoms with van der Waals surface area (Å²) in [5.74, 6) is 0.208. The third-order valence-corrected chi connectivity index (χ3v) is 2.50. The molecule has 1 atom stereocenters. The van der Waals surface area contributed by atoms with E-state index in [0.29, 0.717) is 12.2 Å². The maximum absolute atomic E-state index is 9.66. The number of hydrogen-bond donors (Lipinski definition) is 3. The Morgan fingerprint density at radius 1 is 1.41 bits per heavy atom. The molecule has 0 heterocycles. The largest absolute Gasteiger partial charge is 0.507 e. The van der Waals surface area contributed by atoms with E-state index in [0.717, 1.165) is 13.0 Å². The summed E-state index contributed by atoms with van der Waals surface area (Å²) in [7, 11) is 0. The molecule has 0 fully saturated rings. The van der Waals surface area contributed by atoms with Crippen molar-refractivity contribution >= 4 is 0 Å². The molecule has 0 saturated carbocycles. The van der Waals surface area contributed by atoms with Crippen LogP contribution in [0.2, 0.25) is 0 Å². The first-order chi connectivity index (χ1) is 8.16. The van der Waals surface area contributed by atoms with Crippen LogP contribution in [0.5, 0.6) is 11.5 Å². The van der Waals surface area contributed by atoms with Gasteiger partial charge in [-0.3, -0.25) is 0 Å². The van der Waals surface area contributed by atoms with Gasteiger partial charge in [-0.2, -0.15) is 0 Å². The second-order valence-corrected chi connectivity index (χ2v) is 3.78. The SMILES string of the molecule is C=COCCCNC(C)c1c(O)cccc1O. The van der Waals surface area contributed by atoms with Crippen LogP contribution < -0.4 is 5.32 Å². The fourth-order valence-corrected chi connectivity index (χ4v) is 1.64. The Labute approximate surface area is 102 Å². The average Bonchev–Trinajstić information content (AvgIpc) is 2.28. The van der Waals surface area contributed by atoms with Crippen molar-refractivity contribution in [2.45, 2.75) is 19.4 Å². The molecule has 0 aliphatic carbocycles. The van der Waals surface area contributed by atoms with Gasteiger partial charge in [0, 0.05) is 6.04 Å². The zero-order valence-corrected chi connectivity index (χ0v) is 10.0. The van der Waals surface area contributed by atoms with E-state index in [1.165, 1.54) is 6.26 Å². The van der Waals surface area contributed by atoms with Crippen molar-refractivity contribution in [1.29, 1.82) is 0 Å². The Kier molecular flexibility index (Phi) is 5.36. The predicted octanol–water partition coefficient (Wildman–Crippen LogP) is 2.30. The monoisotopic (exact) mass is 237 g/mol. The molecule has 94 valence electrons. The smallest absolute Gasteiger partial charge is 0.124 e. The summed E-state index contributed by atoms with van der Waals surface area (Å²) in [5, 5.41) is 22.5. The van der Waals surface area contributed by atoms with Crippen LogP contribution in [-0.2, 0) is 4.74 Å². The highest BCUT2D eigenvalue weighted by molar-refractivity contribution is 5.44. The van der Waals surface area contributed by atoms with Crippen LogP contribution >= 0.6 is 0 Å². The van der Waals surface area contributed by atoms with Crippen LogP contribution in [0, 0.1) is 0 Å². The van der Waals surface area contributed by atoms with Crippen molar-refractivity contribution in [3.63, 3.8) is 0 Å². The normalized spacial score (nSPS) is 12.1. The zero-order valence-electron chi connectivity index (χ0n) is 10.0. The molecular weight excluding hydrogens is 218 g/mol. The second-order valence-electron chi connectivity index (χ2n) is 3.78. The first kappa shape index (κ1) is 13.4. The van der Waals surface area contributed by atoms with Crippen molar-refractivity contribution < 1.29 is 14.9 Å². The first-order valence-electron chi connectivity index (χ1n) is 5.63. The lowest BCUT2D eigenvalue weighted by atomic mass is 10.1. The van der Waals surface area contributed by atoms with E-state index in [9.17, 15) is 10.2 Å². The number of ether oxygens (including phenoxy) is 1. The maximum atomic E-state index is 9.66. The fourth-order valence-electron chi connectivity index (χ4n) is 1.64. The molecule has 1 unspecified atom stereocenters. The summed E-state index contributed by atoms with van der Waals surface area (Å²) < 4.78 is 4.99. The summed E-state index contributed by atoms with van der Waals surface area (Å²) in [6.07, 6.45) is 2.25. The molecule has 0 aromatic heterocycles. The van der Waals surface area contributed by atoms with E-state index in [1.807, 2.05) is 6.92 Å². The van der Waals surface area contributed by atoms with Crippen LogP contribution in [0.25, 0.3) is 0 Å². The van der Waals surface area contributed by atoms with Gasteiger partial charge in [-0.1, -0.05) is 12.6 Å². The third-order valence-electron chi connectivity index (χ3n) is 2.50. The molecular formula is C13H19NO3. The molecule has 17 heavy (non-hydrogen) atoms. The number of phenols is 2. The van der Waals surface area contributed by atoms with E-state index in [1.54, 1.807) is 18.2 Å². The highest BCUT2D eigenvalue weighted by Gasteiger charge is 2.13. The zero-order chi connectivity index (χ0) is 12.7. The molecule has 1 aromatic rings. The molecule has 0 aliphatic heterocycles. The molecule has 0 bridgehead atoms. The summed E-state index contributed by atoms with van der Waals surface area (Å²) in [6, 6.07) is 4.63. The first-order valence-corrected chi connectivity index (χ1v) is 5.63. The quantitative estimate of drug-likeness (QED) is 0.503. The minimum atomic E-state index is -0.111. The standard InChI is InChI=1S/C13H19NO3/c1-3-17-9-5-8-14-10(2)13-11(15)6-4-7-12(13)16/h3-4,6-7,10,14-16H,1,5,8-9H2,2H3. The summed E-state index contributed by atoms with van der Waals surface area (Å²) in [6.45, 7) is 6.69. The second kappa shape index (κ2) is 6.81.